The summed E-state index contributed by atoms with van der Waals surface area (Å²) in [7, 11) is 0. The number of carbonyl (C=O) groups is 1. The molecule has 3 aromatic rings. The number of carbonyl (C=O) groups excluding carboxylic acids is 1. The molecule has 2 heterocycles. The Morgan fingerprint density at radius 3 is 2.55 bits per heavy atom. The summed E-state index contributed by atoms with van der Waals surface area (Å²) in [5.74, 6) is -1.86. The summed E-state index contributed by atoms with van der Waals surface area (Å²) < 4.78 is 29.2. The van der Waals surface area contributed by atoms with Crippen molar-refractivity contribution in [2.24, 2.45) is 5.92 Å². The van der Waals surface area contributed by atoms with Gasteiger partial charge in [-0.15, -0.1) is 0 Å². The van der Waals surface area contributed by atoms with Gasteiger partial charge in [0.2, 0.25) is 5.91 Å². The van der Waals surface area contributed by atoms with Crippen molar-refractivity contribution in [2.75, 3.05) is 18.0 Å². The van der Waals surface area contributed by atoms with Crippen LogP contribution in [-0.2, 0) is 11.3 Å². The van der Waals surface area contributed by atoms with Crippen LogP contribution in [0.5, 0.6) is 0 Å². The molecule has 1 saturated heterocycles. The van der Waals surface area contributed by atoms with Crippen molar-refractivity contribution in [1.29, 1.82) is 0 Å². The highest BCUT2D eigenvalue weighted by molar-refractivity contribution is 5.79. The van der Waals surface area contributed by atoms with Crippen LogP contribution in [0.1, 0.15) is 18.4 Å². The zero-order valence-electron chi connectivity index (χ0n) is 15.9. The predicted molar refractivity (Wildman–Crippen MR) is 107 cm³/mol. The molecule has 150 valence electrons. The molecule has 5 nitrogen and oxygen atoms in total. The molecule has 29 heavy (non-hydrogen) atoms. The zero-order valence-corrected chi connectivity index (χ0v) is 15.9. The minimum Gasteiger partial charge on any atom is -0.369 e. The maximum absolute atomic E-state index is 14.7. The number of anilines is 1. The van der Waals surface area contributed by atoms with E-state index in [1.807, 2.05) is 30.3 Å². The maximum atomic E-state index is 14.7. The molecule has 1 aromatic heterocycles. The fourth-order valence-corrected chi connectivity index (χ4v) is 3.72. The Morgan fingerprint density at radius 1 is 1.10 bits per heavy atom. The quantitative estimate of drug-likeness (QED) is 0.688. The Kier molecular flexibility index (Phi) is 5.55. The molecule has 0 spiro atoms. The van der Waals surface area contributed by atoms with Crippen LogP contribution in [-0.4, -0.2) is 29.2 Å². The standard InChI is InChI=1S/C22H22F2N4O/c23-20-18(17-13-26-27-14-17)6-7-19(21(20)24)28-10-8-16(9-11-28)22(29)25-12-15-4-2-1-3-5-15/h1-7,13-14,16H,8-12H2,(H,25,29)(H,26,27). The first-order valence-corrected chi connectivity index (χ1v) is 9.67. The summed E-state index contributed by atoms with van der Waals surface area (Å²) in [6, 6.07) is 12.9. The van der Waals surface area contributed by atoms with E-state index < -0.39 is 11.6 Å². The number of piperidine rings is 1. The summed E-state index contributed by atoms with van der Waals surface area (Å²) in [5, 5.41) is 9.35. The third-order valence-corrected chi connectivity index (χ3v) is 5.39. The summed E-state index contributed by atoms with van der Waals surface area (Å²) in [6.07, 6.45) is 4.18. The number of rotatable bonds is 5. The third kappa shape index (κ3) is 4.13. The van der Waals surface area contributed by atoms with E-state index in [2.05, 4.69) is 15.5 Å². The van der Waals surface area contributed by atoms with Crippen LogP contribution in [0.15, 0.2) is 54.9 Å². The second-order valence-corrected chi connectivity index (χ2v) is 7.21. The lowest BCUT2D eigenvalue weighted by molar-refractivity contribution is -0.125. The Labute approximate surface area is 167 Å². The number of nitrogens with one attached hydrogen (secondary N) is 2. The minimum absolute atomic E-state index is 0.00969. The van der Waals surface area contributed by atoms with Gasteiger partial charge in [0.1, 0.15) is 0 Å². The van der Waals surface area contributed by atoms with Crippen LogP contribution in [0.25, 0.3) is 11.1 Å². The topological polar surface area (TPSA) is 61.0 Å². The number of benzene rings is 2. The molecule has 0 atom stereocenters. The summed E-state index contributed by atoms with van der Waals surface area (Å²) in [4.78, 5) is 14.2. The van der Waals surface area contributed by atoms with Gasteiger partial charge in [-0.2, -0.15) is 5.10 Å². The van der Waals surface area contributed by atoms with Crippen LogP contribution in [0.2, 0.25) is 0 Å². The monoisotopic (exact) mass is 396 g/mol. The average molecular weight is 396 g/mol. The Bertz CT molecular complexity index is 968. The molecular weight excluding hydrogens is 374 g/mol. The Hall–Kier alpha value is -3.22. The van der Waals surface area contributed by atoms with Gasteiger partial charge in [-0.25, -0.2) is 8.78 Å². The van der Waals surface area contributed by atoms with Gasteiger partial charge in [0, 0.05) is 42.9 Å². The Balaban J connectivity index is 1.37. The van der Waals surface area contributed by atoms with Crippen molar-refractivity contribution in [3.05, 3.63) is 72.1 Å². The number of amides is 1. The first kappa shape index (κ1) is 19.1. The highest BCUT2D eigenvalue weighted by Crippen LogP contribution is 2.32. The third-order valence-electron chi connectivity index (χ3n) is 5.39. The fraction of sp³-hybridized carbons (Fsp3) is 0.273. The number of halogens is 2. The molecule has 1 fully saturated rings. The van der Waals surface area contributed by atoms with Gasteiger partial charge >= 0.3 is 0 Å². The summed E-state index contributed by atoms with van der Waals surface area (Å²) in [5.41, 5.74) is 1.96. The highest BCUT2D eigenvalue weighted by atomic mass is 19.2. The predicted octanol–water partition coefficient (Wildman–Crippen LogP) is 3.89. The number of hydrogen-bond donors (Lipinski definition) is 2. The van der Waals surface area contributed by atoms with E-state index >= 15 is 0 Å². The zero-order chi connectivity index (χ0) is 20.2. The number of aromatic amines is 1. The molecule has 4 rings (SSSR count). The van der Waals surface area contributed by atoms with Crippen molar-refractivity contribution >= 4 is 11.6 Å². The number of H-pyrrole nitrogens is 1. The van der Waals surface area contributed by atoms with Crippen LogP contribution >= 0.6 is 0 Å². The lowest BCUT2D eigenvalue weighted by Gasteiger charge is -2.33. The van der Waals surface area contributed by atoms with Gasteiger partial charge in [0.15, 0.2) is 11.6 Å². The smallest absolute Gasteiger partial charge is 0.223 e. The first-order chi connectivity index (χ1) is 14.1. The number of aromatic nitrogens is 2. The van der Waals surface area contributed by atoms with Gasteiger partial charge in [0.25, 0.3) is 0 Å². The minimum atomic E-state index is -0.883. The van der Waals surface area contributed by atoms with E-state index in [0.717, 1.165) is 5.56 Å². The van der Waals surface area contributed by atoms with Crippen LogP contribution in [0.4, 0.5) is 14.5 Å². The van der Waals surface area contributed by atoms with Gasteiger partial charge in [-0.1, -0.05) is 30.3 Å². The molecule has 2 aromatic carbocycles. The SMILES string of the molecule is O=C(NCc1ccccc1)C1CCN(c2ccc(-c3cn[nH]c3)c(F)c2F)CC1. The molecule has 2 N–H and O–H groups in total. The largest absolute Gasteiger partial charge is 0.369 e. The molecule has 0 unspecified atom stereocenters. The highest BCUT2D eigenvalue weighted by Gasteiger charge is 2.27. The Morgan fingerprint density at radius 2 is 1.86 bits per heavy atom. The van der Waals surface area contributed by atoms with E-state index in [9.17, 15) is 13.6 Å². The van der Waals surface area contributed by atoms with Crippen molar-refractivity contribution < 1.29 is 13.6 Å². The molecule has 7 heteroatoms. The summed E-state index contributed by atoms with van der Waals surface area (Å²) >= 11 is 0. The van der Waals surface area contributed by atoms with E-state index in [4.69, 9.17) is 0 Å². The average Bonchev–Trinajstić information content (AvgIpc) is 3.29. The first-order valence-electron chi connectivity index (χ1n) is 9.67. The van der Waals surface area contributed by atoms with Crippen molar-refractivity contribution in [3.8, 4) is 11.1 Å². The van der Waals surface area contributed by atoms with Gasteiger partial charge in [-0.05, 0) is 30.5 Å². The van der Waals surface area contributed by atoms with Crippen molar-refractivity contribution in [1.82, 2.24) is 15.5 Å². The molecule has 0 aliphatic carbocycles. The molecule has 1 amide bonds. The second-order valence-electron chi connectivity index (χ2n) is 7.21. The molecular formula is C22H22F2N4O. The van der Waals surface area contributed by atoms with Crippen LogP contribution in [0, 0.1) is 17.6 Å². The van der Waals surface area contributed by atoms with Crippen molar-refractivity contribution in [3.63, 3.8) is 0 Å². The second kappa shape index (κ2) is 8.43. The number of nitrogens with zero attached hydrogens (tertiary/aromatic N) is 2. The van der Waals surface area contributed by atoms with Crippen LogP contribution < -0.4 is 10.2 Å². The van der Waals surface area contributed by atoms with E-state index in [1.54, 1.807) is 17.0 Å². The summed E-state index contributed by atoms with van der Waals surface area (Å²) in [6.45, 7) is 1.50. The fourth-order valence-electron chi connectivity index (χ4n) is 3.72. The van der Waals surface area contributed by atoms with Gasteiger partial charge < -0.3 is 10.2 Å². The lowest BCUT2D eigenvalue weighted by Crippen LogP contribution is -2.40. The molecule has 0 radical (unpaired) electrons. The van der Waals surface area contributed by atoms with Gasteiger partial charge in [-0.3, -0.25) is 9.89 Å². The van der Waals surface area contributed by atoms with Crippen LogP contribution in [0.3, 0.4) is 0 Å². The van der Waals surface area contributed by atoms with E-state index in [0.29, 0.717) is 38.0 Å². The molecule has 1 aliphatic rings. The molecule has 0 saturated carbocycles. The number of hydrogen-bond acceptors (Lipinski definition) is 3. The normalized spacial score (nSPS) is 14.8. The van der Waals surface area contributed by atoms with Gasteiger partial charge in [0.05, 0.1) is 11.9 Å². The molecule has 1 aliphatic heterocycles. The van der Waals surface area contributed by atoms with E-state index in [1.165, 1.54) is 12.4 Å². The molecule has 0 bridgehead atoms. The van der Waals surface area contributed by atoms with Crippen molar-refractivity contribution in [2.45, 2.75) is 19.4 Å². The maximum Gasteiger partial charge on any atom is 0.223 e. The lowest BCUT2D eigenvalue weighted by atomic mass is 9.95. The van der Waals surface area contributed by atoms with E-state index in [-0.39, 0.29) is 23.1 Å².